The molecular weight excluding hydrogens is 306 g/mol. The highest BCUT2D eigenvalue weighted by Gasteiger charge is 2.25. The van der Waals surface area contributed by atoms with E-state index >= 15 is 0 Å². The first-order valence-corrected chi connectivity index (χ1v) is 7.23. The van der Waals surface area contributed by atoms with E-state index in [1.807, 2.05) is 0 Å². The summed E-state index contributed by atoms with van der Waals surface area (Å²) in [4.78, 5) is 15.7. The normalized spacial score (nSPS) is 15.1. The molecule has 3 rings (SSSR count). The summed E-state index contributed by atoms with van der Waals surface area (Å²) in [5, 5.41) is 3.70. The summed E-state index contributed by atoms with van der Waals surface area (Å²) in [5.41, 5.74) is 5.97. The van der Waals surface area contributed by atoms with Gasteiger partial charge in [0.1, 0.15) is 11.6 Å². The molecule has 1 aliphatic rings. The molecule has 122 valence electrons. The fourth-order valence-corrected chi connectivity index (χ4v) is 2.56. The van der Waals surface area contributed by atoms with Gasteiger partial charge in [-0.25, -0.2) is 8.78 Å². The Morgan fingerprint density at radius 3 is 2.57 bits per heavy atom. The first-order chi connectivity index (χ1) is 11.1. The van der Waals surface area contributed by atoms with Gasteiger partial charge in [0.2, 0.25) is 0 Å². The molecule has 0 unspecified atom stereocenters. The number of amides is 1. The highest BCUT2D eigenvalue weighted by Crippen LogP contribution is 2.22. The van der Waals surface area contributed by atoms with Crippen LogP contribution < -0.4 is 10.6 Å². The van der Waals surface area contributed by atoms with Crippen LogP contribution in [-0.2, 0) is 6.54 Å². The van der Waals surface area contributed by atoms with E-state index in [4.69, 9.17) is 10.3 Å². The van der Waals surface area contributed by atoms with Gasteiger partial charge in [-0.1, -0.05) is 5.16 Å². The number of hydrogen-bond donors (Lipinski definition) is 1. The molecule has 6 nitrogen and oxygen atoms in total. The number of piperazine rings is 1. The fourth-order valence-electron chi connectivity index (χ4n) is 2.56. The zero-order valence-corrected chi connectivity index (χ0v) is 12.3. The Morgan fingerprint density at radius 1 is 1.22 bits per heavy atom. The largest absolute Gasteiger partial charge is 0.366 e. The highest BCUT2D eigenvalue weighted by atomic mass is 19.1. The minimum Gasteiger partial charge on any atom is -0.366 e. The van der Waals surface area contributed by atoms with Crippen LogP contribution in [0.25, 0.3) is 0 Å². The molecule has 1 aromatic heterocycles. The Hall–Kier alpha value is -2.48. The fraction of sp³-hybridized carbons (Fsp3) is 0.333. The summed E-state index contributed by atoms with van der Waals surface area (Å²) in [6.07, 6.45) is 0. The van der Waals surface area contributed by atoms with Crippen LogP contribution in [0.4, 0.5) is 14.5 Å². The Bertz CT molecular complexity index is 711. The lowest BCUT2D eigenvalue weighted by Gasteiger charge is -2.35. The lowest BCUT2D eigenvalue weighted by Crippen LogP contribution is -2.49. The molecule has 0 saturated carbocycles. The molecule has 1 fully saturated rings. The van der Waals surface area contributed by atoms with Crippen LogP contribution in [0, 0.1) is 11.6 Å². The summed E-state index contributed by atoms with van der Waals surface area (Å²) in [6, 6.07) is 5.01. The average Bonchev–Trinajstić information content (AvgIpc) is 3.03. The first kappa shape index (κ1) is 15.4. The SMILES string of the molecule is NCc1cc(C(=O)N2CCN(c3ccc(F)cc3F)CC2)no1. The second-order valence-corrected chi connectivity index (χ2v) is 5.26. The number of halogens is 2. The monoisotopic (exact) mass is 322 g/mol. The number of nitrogens with zero attached hydrogens (tertiary/aromatic N) is 3. The molecule has 0 radical (unpaired) electrons. The topological polar surface area (TPSA) is 75.6 Å². The van der Waals surface area contributed by atoms with Gasteiger partial charge in [-0.15, -0.1) is 0 Å². The van der Waals surface area contributed by atoms with Crippen LogP contribution >= 0.6 is 0 Å². The van der Waals surface area contributed by atoms with Crippen molar-refractivity contribution >= 4 is 11.6 Å². The first-order valence-electron chi connectivity index (χ1n) is 7.23. The van der Waals surface area contributed by atoms with Crippen molar-refractivity contribution in [3.05, 3.63) is 47.4 Å². The molecule has 1 saturated heterocycles. The van der Waals surface area contributed by atoms with Gasteiger partial charge in [0.15, 0.2) is 11.5 Å². The van der Waals surface area contributed by atoms with Gasteiger partial charge in [0.05, 0.1) is 12.2 Å². The zero-order chi connectivity index (χ0) is 16.4. The van der Waals surface area contributed by atoms with E-state index in [1.54, 1.807) is 9.80 Å². The van der Waals surface area contributed by atoms with Crippen LogP contribution in [0.15, 0.2) is 28.8 Å². The third-order valence-corrected chi connectivity index (χ3v) is 3.80. The van der Waals surface area contributed by atoms with Crippen molar-refractivity contribution in [2.75, 3.05) is 31.1 Å². The molecule has 0 atom stereocenters. The van der Waals surface area contributed by atoms with Gasteiger partial charge in [-0.3, -0.25) is 4.79 Å². The third kappa shape index (κ3) is 3.16. The Balaban J connectivity index is 1.65. The van der Waals surface area contributed by atoms with Crippen LogP contribution in [0.5, 0.6) is 0 Å². The molecule has 23 heavy (non-hydrogen) atoms. The van der Waals surface area contributed by atoms with Crippen molar-refractivity contribution in [3.63, 3.8) is 0 Å². The molecule has 8 heteroatoms. The zero-order valence-electron chi connectivity index (χ0n) is 12.3. The second kappa shape index (κ2) is 6.33. The molecule has 0 aliphatic carbocycles. The lowest BCUT2D eigenvalue weighted by atomic mass is 10.2. The molecular formula is C15H16F2N4O2. The van der Waals surface area contributed by atoms with Crippen molar-refractivity contribution < 1.29 is 18.1 Å². The molecule has 0 spiro atoms. The molecule has 2 N–H and O–H groups in total. The Morgan fingerprint density at radius 2 is 1.96 bits per heavy atom. The van der Waals surface area contributed by atoms with Crippen LogP contribution in [0.3, 0.4) is 0 Å². The smallest absolute Gasteiger partial charge is 0.276 e. The molecule has 1 aromatic carbocycles. The van der Waals surface area contributed by atoms with Gasteiger partial charge in [0, 0.05) is 38.3 Å². The Labute approximate surface area is 131 Å². The van der Waals surface area contributed by atoms with Gasteiger partial charge in [0.25, 0.3) is 5.91 Å². The van der Waals surface area contributed by atoms with Crippen molar-refractivity contribution in [2.24, 2.45) is 5.73 Å². The molecule has 1 amide bonds. The maximum atomic E-state index is 13.8. The summed E-state index contributed by atoms with van der Waals surface area (Å²) >= 11 is 0. The van der Waals surface area contributed by atoms with Crippen molar-refractivity contribution in [1.82, 2.24) is 10.1 Å². The van der Waals surface area contributed by atoms with Crippen molar-refractivity contribution in [1.29, 1.82) is 0 Å². The van der Waals surface area contributed by atoms with E-state index in [9.17, 15) is 13.6 Å². The van der Waals surface area contributed by atoms with E-state index in [0.717, 1.165) is 6.07 Å². The standard InChI is InChI=1S/C15H16F2N4O2/c16-10-1-2-14(12(17)7-10)20-3-5-21(6-4-20)15(22)13-8-11(9-18)23-19-13/h1-2,7-8H,3-6,9,18H2. The second-order valence-electron chi connectivity index (χ2n) is 5.26. The van der Waals surface area contributed by atoms with Gasteiger partial charge in [-0.05, 0) is 12.1 Å². The number of hydrogen-bond acceptors (Lipinski definition) is 5. The van der Waals surface area contributed by atoms with Gasteiger partial charge < -0.3 is 20.1 Å². The van der Waals surface area contributed by atoms with E-state index in [-0.39, 0.29) is 18.1 Å². The number of nitrogens with two attached hydrogens (primary N) is 1. The van der Waals surface area contributed by atoms with E-state index in [1.165, 1.54) is 18.2 Å². The maximum Gasteiger partial charge on any atom is 0.276 e. The molecule has 0 bridgehead atoms. The lowest BCUT2D eigenvalue weighted by molar-refractivity contribution is 0.0736. The summed E-state index contributed by atoms with van der Waals surface area (Å²) in [5.74, 6) is -1.01. The van der Waals surface area contributed by atoms with Crippen LogP contribution in [0.2, 0.25) is 0 Å². The number of benzene rings is 1. The molecule has 2 aromatic rings. The highest BCUT2D eigenvalue weighted by molar-refractivity contribution is 5.92. The third-order valence-electron chi connectivity index (χ3n) is 3.80. The molecule has 2 heterocycles. The number of carbonyl (C=O) groups excluding carboxylic acids is 1. The minimum atomic E-state index is -0.609. The number of carbonyl (C=O) groups is 1. The van der Waals surface area contributed by atoms with E-state index in [0.29, 0.717) is 37.6 Å². The average molecular weight is 322 g/mol. The van der Waals surface area contributed by atoms with Crippen LogP contribution in [-0.4, -0.2) is 42.1 Å². The minimum absolute atomic E-state index is 0.178. The maximum absolute atomic E-state index is 13.8. The predicted molar refractivity (Wildman–Crippen MR) is 78.9 cm³/mol. The number of aromatic nitrogens is 1. The van der Waals surface area contributed by atoms with E-state index < -0.39 is 11.6 Å². The van der Waals surface area contributed by atoms with Crippen molar-refractivity contribution in [2.45, 2.75) is 6.54 Å². The number of rotatable bonds is 3. The van der Waals surface area contributed by atoms with Crippen LogP contribution in [0.1, 0.15) is 16.2 Å². The van der Waals surface area contributed by atoms with Gasteiger partial charge in [-0.2, -0.15) is 0 Å². The summed E-state index contributed by atoms with van der Waals surface area (Å²) in [7, 11) is 0. The molecule has 1 aliphatic heterocycles. The quantitative estimate of drug-likeness (QED) is 0.924. The van der Waals surface area contributed by atoms with Gasteiger partial charge >= 0.3 is 0 Å². The summed E-state index contributed by atoms with van der Waals surface area (Å²) in [6.45, 7) is 1.92. The Kier molecular flexibility index (Phi) is 4.24. The number of anilines is 1. The van der Waals surface area contributed by atoms with E-state index in [2.05, 4.69) is 5.16 Å². The predicted octanol–water partition coefficient (Wildman–Crippen LogP) is 1.37. The summed E-state index contributed by atoms with van der Waals surface area (Å²) < 4.78 is 31.7. The van der Waals surface area contributed by atoms with Crippen molar-refractivity contribution in [3.8, 4) is 0 Å².